The van der Waals surface area contributed by atoms with Gasteiger partial charge in [-0.3, -0.25) is 4.98 Å². The van der Waals surface area contributed by atoms with Gasteiger partial charge < -0.3 is 5.73 Å². The summed E-state index contributed by atoms with van der Waals surface area (Å²) in [6, 6.07) is 4.01. The van der Waals surface area contributed by atoms with Crippen molar-refractivity contribution < 1.29 is 0 Å². The van der Waals surface area contributed by atoms with E-state index in [1.54, 1.807) is 23.7 Å². The van der Waals surface area contributed by atoms with Crippen LogP contribution in [0.15, 0.2) is 24.5 Å². The molecule has 0 atom stereocenters. The molecule has 0 aromatic carbocycles. The highest BCUT2D eigenvalue weighted by Gasteiger charge is 2.15. The maximum atomic E-state index is 5.59. The minimum Gasteiger partial charge on any atom is -0.330 e. The van der Waals surface area contributed by atoms with Crippen molar-refractivity contribution in [3.63, 3.8) is 0 Å². The predicted octanol–water partition coefficient (Wildman–Crippen LogP) is 2.83. The van der Waals surface area contributed by atoms with Gasteiger partial charge in [0.2, 0.25) is 0 Å². The van der Waals surface area contributed by atoms with Gasteiger partial charge in [0, 0.05) is 29.3 Å². The topological polar surface area (TPSA) is 51.8 Å². The first-order chi connectivity index (χ1) is 8.22. The fourth-order valence-electron chi connectivity index (χ4n) is 1.72. The number of rotatable bonds is 4. The van der Waals surface area contributed by atoms with Crippen LogP contribution >= 0.6 is 11.3 Å². The van der Waals surface area contributed by atoms with E-state index in [0.29, 0.717) is 12.5 Å². The number of nitrogens with two attached hydrogens (primary N) is 1. The highest BCUT2D eigenvalue weighted by Crippen LogP contribution is 2.33. The summed E-state index contributed by atoms with van der Waals surface area (Å²) in [6.07, 6.45) is 4.47. The van der Waals surface area contributed by atoms with E-state index in [-0.39, 0.29) is 0 Å². The Bertz CT molecular complexity index is 477. The summed E-state index contributed by atoms with van der Waals surface area (Å²) in [7, 11) is 0. The molecule has 2 aromatic rings. The van der Waals surface area contributed by atoms with E-state index < -0.39 is 0 Å². The first-order valence-corrected chi connectivity index (χ1v) is 6.64. The normalized spacial score (nSPS) is 11.1. The summed E-state index contributed by atoms with van der Waals surface area (Å²) in [6.45, 7) is 5.05. The van der Waals surface area contributed by atoms with E-state index in [0.717, 1.165) is 22.7 Å². The Morgan fingerprint density at radius 2 is 2.00 bits per heavy atom. The van der Waals surface area contributed by atoms with Crippen LogP contribution in [0.1, 0.15) is 29.7 Å². The molecule has 0 radical (unpaired) electrons. The number of hydrogen-bond donors (Lipinski definition) is 1. The summed E-state index contributed by atoms with van der Waals surface area (Å²) >= 11 is 1.78. The van der Waals surface area contributed by atoms with Gasteiger partial charge in [-0.1, -0.05) is 13.8 Å². The minimum atomic E-state index is 0.488. The molecule has 0 bridgehead atoms. The summed E-state index contributed by atoms with van der Waals surface area (Å²) < 4.78 is 0. The van der Waals surface area contributed by atoms with Crippen LogP contribution in [0.3, 0.4) is 0 Å². The summed E-state index contributed by atoms with van der Waals surface area (Å²) in [5.41, 5.74) is 7.83. The quantitative estimate of drug-likeness (QED) is 0.904. The summed E-state index contributed by atoms with van der Waals surface area (Å²) in [5.74, 6) is 0.488. The predicted molar refractivity (Wildman–Crippen MR) is 72.2 cm³/mol. The van der Waals surface area contributed by atoms with E-state index in [4.69, 9.17) is 10.7 Å². The van der Waals surface area contributed by atoms with E-state index >= 15 is 0 Å². The Kier molecular flexibility index (Phi) is 3.86. The van der Waals surface area contributed by atoms with Crippen LogP contribution in [-0.2, 0) is 6.42 Å². The fourth-order valence-corrected chi connectivity index (χ4v) is 2.82. The van der Waals surface area contributed by atoms with E-state index in [9.17, 15) is 0 Å². The molecule has 0 aliphatic rings. The standard InChI is InChI=1S/C13H17N3S/c1-9(2)13-12(10-4-7-15-8-5-10)16-11(17-13)3-6-14/h4-5,7-9H,3,6,14H2,1-2H3. The zero-order valence-electron chi connectivity index (χ0n) is 10.2. The molecule has 0 unspecified atom stereocenters. The van der Waals surface area contributed by atoms with Crippen molar-refractivity contribution >= 4 is 11.3 Å². The molecule has 2 heterocycles. The molecule has 0 amide bonds. The van der Waals surface area contributed by atoms with Crippen molar-refractivity contribution in [2.75, 3.05) is 6.54 Å². The van der Waals surface area contributed by atoms with Gasteiger partial charge in [0.25, 0.3) is 0 Å². The molecule has 0 spiro atoms. The molecule has 17 heavy (non-hydrogen) atoms. The van der Waals surface area contributed by atoms with Crippen LogP contribution in [0.5, 0.6) is 0 Å². The van der Waals surface area contributed by atoms with Gasteiger partial charge in [0.15, 0.2) is 0 Å². The second-order valence-electron chi connectivity index (χ2n) is 4.25. The van der Waals surface area contributed by atoms with Crippen LogP contribution in [0.4, 0.5) is 0 Å². The highest BCUT2D eigenvalue weighted by atomic mass is 32.1. The molecule has 90 valence electrons. The van der Waals surface area contributed by atoms with Crippen LogP contribution in [0, 0.1) is 0 Å². The van der Waals surface area contributed by atoms with E-state index in [1.165, 1.54) is 4.88 Å². The number of pyridine rings is 1. The zero-order chi connectivity index (χ0) is 12.3. The number of nitrogens with zero attached hydrogens (tertiary/aromatic N) is 2. The molecule has 2 N–H and O–H groups in total. The lowest BCUT2D eigenvalue weighted by Gasteiger charge is -2.04. The Hall–Kier alpha value is -1.26. The third-order valence-corrected chi connectivity index (χ3v) is 3.95. The Balaban J connectivity index is 2.44. The van der Waals surface area contributed by atoms with Gasteiger partial charge >= 0.3 is 0 Å². The molecule has 0 aliphatic carbocycles. The lowest BCUT2D eigenvalue weighted by molar-refractivity contribution is 0.887. The number of hydrogen-bond acceptors (Lipinski definition) is 4. The second kappa shape index (κ2) is 5.38. The number of aromatic nitrogens is 2. The molecule has 2 aromatic heterocycles. The van der Waals surface area contributed by atoms with Gasteiger partial charge in [0.1, 0.15) is 0 Å². The van der Waals surface area contributed by atoms with Crippen LogP contribution < -0.4 is 5.73 Å². The molecular formula is C13H17N3S. The second-order valence-corrected chi connectivity index (χ2v) is 5.36. The van der Waals surface area contributed by atoms with Crippen molar-refractivity contribution in [3.8, 4) is 11.3 Å². The smallest absolute Gasteiger partial charge is 0.0948 e. The Labute approximate surface area is 106 Å². The van der Waals surface area contributed by atoms with Gasteiger partial charge in [-0.2, -0.15) is 0 Å². The van der Waals surface area contributed by atoms with Crippen molar-refractivity contribution in [2.45, 2.75) is 26.2 Å². The average Bonchev–Trinajstić information content (AvgIpc) is 2.75. The molecule has 0 saturated carbocycles. The molecular weight excluding hydrogens is 230 g/mol. The summed E-state index contributed by atoms with van der Waals surface area (Å²) in [4.78, 5) is 10.1. The minimum absolute atomic E-state index is 0.488. The van der Waals surface area contributed by atoms with E-state index in [2.05, 4.69) is 18.8 Å². The summed E-state index contributed by atoms with van der Waals surface area (Å²) in [5, 5.41) is 1.13. The van der Waals surface area contributed by atoms with Gasteiger partial charge in [-0.25, -0.2) is 4.98 Å². The lowest BCUT2D eigenvalue weighted by atomic mass is 10.1. The van der Waals surface area contributed by atoms with Crippen molar-refractivity contribution in [3.05, 3.63) is 34.4 Å². The van der Waals surface area contributed by atoms with Gasteiger partial charge in [-0.15, -0.1) is 11.3 Å². The maximum Gasteiger partial charge on any atom is 0.0948 e. The number of thiazole rings is 1. The lowest BCUT2D eigenvalue weighted by Crippen LogP contribution is -2.01. The van der Waals surface area contributed by atoms with Gasteiger partial charge in [-0.05, 0) is 24.6 Å². The third-order valence-electron chi connectivity index (χ3n) is 2.53. The first-order valence-electron chi connectivity index (χ1n) is 5.82. The monoisotopic (exact) mass is 247 g/mol. The SMILES string of the molecule is CC(C)c1sc(CCN)nc1-c1ccncc1. The largest absolute Gasteiger partial charge is 0.330 e. The van der Waals surface area contributed by atoms with Gasteiger partial charge in [0.05, 0.1) is 10.7 Å². The maximum absolute atomic E-state index is 5.59. The van der Waals surface area contributed by atoms with Crippen molar-refractivity contribution in [2.24, 2.45) is 5.73 Å². The van der Waals surface area contributed by atoms with Crippen molar-refractivity contribution in [1.82, 2.24) is 9.97 Å². The van der Waals surface area contributed by atoms with E-state index in [1.807, 2.05) is 12.1 Å². The first kappa shape index (κ1) is 12.2. The Morgan fingerprint density at radius 1 is 1.29 bits per heavy atom. The zero-order valence-corrected chi connectivity index (χ0v) is 11.0. The molecule has 0 fully saturated rings. The fraction of sp³-hybridized carbons (Fsp3) is 0.385. The van der Waals surface area contributed by atoms with Crippen LogP contribution in [-0.4, -0.2) is 16.5 Å². The Morgan fingerprint density at radius 3 is 2.59 bits per heavy atom. The van der Waals surface area contributed by atoms with Crippen LogP contribution in [0.2, 0.25) is 0 Å². The molecule has 3 nitrogen and oxygen atoms in total. The third kappa shape index (κ3) is 2.70. The molecule has 4 heteroatoms. The van der Waals surface area contributed by atoms with Crippen molar-refractivity contribution in [1.29, 1.82) is 0 Å². The molecule has 0 saturated heterocycles. The molecule has 0 aliphatic heterocycles. The highest BCUT2D eigenvalue weighted by molar-refractivity contribution is 7.12. The average molecular weight is 247 g/mol. The van der Waals surface area contributed by atoms with Crippen LogP contribution in [0.25, 0.3) is 11.3 Å². The molecule has 2 rings (SSSR count).